The highest BCUT2D eigenvalue weighted by atomic mass is 35.5. The van der Waals surface area contributed by atoms with E-state index in [4.69, 9.17) is 11.6 Å². The van der Waals surface area contributed by atoms with Crippen molar-refractivity contribution < 1.29 is 0 Å². The summed E-state index contributed by atoms with van der Waals surface area (Å²) in [6, 6.07) is 14.2. The van der Waals surface area contributed by atoms with Gasteiger partial charge in [-0.3, -0.25) is 9.88 Å². The number of aromatic nitrogens is 1. The summed E-state index contributed by atoms with van der Waals surface area (Å²) in [5, 5.41) is 4.08. The molecule has 4 heteroatoms. The average molecular weight is 304 g/mol. The van der Waals surface area contributed by atoms with Crippen LogP contribution in [0.4, 0.5) is 0 Å². The Morgan fingerprint density at radius 2 is 1.76 bits per heavy atom. The van der Waals surface area contributed by atoms with Crippen LogP contribution in [0.25, 0.3) is 0 Å². The summed E-state index contributed by atoms with van der Waals surface area (Å²) < 4.78 is 0. The molecule has 0 saturated heterocycles. The van der Waals surface area contributed by atoms with Gasteiger partial charge in [0.2, 0.25) is 0 Å². The van der Waals surface area contributed by atoms with Gasteiger partial charge >= 0.3 is 0 Å². The number of pyridine rings is 1. The maximum atomic E-state index is 5.91. The summed E-state index contributed by atoms with van der Waals surface area (Å²) in [4.78, 5) is 6.93. The number of rotatable bonds is 7. The van der Waals surface area contributed by atoms with Crippen LogP contribution in [0, 0.1) is 0 Å². The lowest BCUT2D eigenvalue weighted by Gasteiger charge is -2.16. The van der Waals surface area contributed by atoms with E-state index < -0.39 is 0 Å². The lowest BCUT2D eigenvalue weighted by molar-refractivity contribution is 0.314. The summed E-state index contributed by atoms with van der Waals surface area (Å²) in [7, 11) is 2.10. The molecule has 0 fully saturated rings. The second kappa shape index (κ2) is 8.13. The van der Waals surface area contributed by atoms with Gasteiger partial charge in [0.15, 0.2) is 0 Å². The Bertz CT molecular complexity index is 554. The van der Waals surface area contributed by atoms with Crippen LogP contribution in [-0.2, 0) is 19.6 Å². The molecule has 0 aliphatic rings. The molecular weight excluding hydrogens is 282 g/mol. The zero-order valence-corrected chi connectivity index (χ0v) is 13.4. The Labute approximate surface area is 132 Å². The minimum Gasteiger partial charge on any atom is -0.311 e. The van der Waals surface area contributed by atoms with E-state index in [1.54, 1.807) is 0 Å². The van der Waals surface area contributed by atoms with Crippen LogP contribution in [0.2, 0.25) is 5.02 Å². The molecule has 0 aliphatic heterocycles. The predicted octanol–water partition coefficient (Wildman–Crippen LogP) is 3.48. The van der Waals surface area contributed by atoms with Gasteiger partial charge in [0, 0.05) is 24.7 Å². The minimum atomic E-state index is 0.777. The molecule has 2 aromatic rings. The van der Waals surface area contributed by atoms with Gasteiger partial charge in [-0.05, 0) is 43.4 Å². The van der Waals surface area contributed by atoms with Gasteiger partial charge in [-0.2, -0.15) is 0 Å². The first-order chi connectivity index (χ1) is 10.2. The van der Waals surface area contributed by atoms with Crippen molar-refractivity contribution in [1.82, 2.24) is 15.2 Å². The summed E-state index contributed by atoms with van der Waals surface area (Å²) in [6.07, 6.45) is 0. The van der Waals surface area contributed by atoms with Crippen LogP contribution in [0.3, 0.4) is 0 Å². The zero-order chi connectivity index (χ0) is 15.1. The molecule has 0 spiro atoms. The lowest BCUT2D eigenvalue weighted by atomic mass is 10.2. The molecule has 0 unspecified atom stereocenters. The van der Waals surface area contributed by atoms with Crippen molar-refractivity contribution in [2.45, 2.75) is 26.6 Å². The SMILES string of the molecule is CCNCc1cccc(CN(C)Cc2ccc(Cl)cc2)n1. The first kappa shape index (κ1) is 16.0. The zero-order valence-electron chi connectivity index (χ0n) is 12.6. The second-order valence-corrected chi connectivity index (χ2v) is 5.64. The second-order valence-electron chi connectivity index (χ2n) is 5.20. The Hall–Kier alpha value is -1.42. The molecule has 0 radical (unpaired) electrons. The van der Waals surface area contributed by atoms with Gasteiger partial charge in [-0.1, -0.05) is 36.7 Å². The number of nitrogens with one attached hydrogen (secondary N) is 1. The van der Waals surface area contributed by atoms with Gasteiger partial charge in [-0.15, -0.1) is 0 Å². The molecule has 0 aliphatic carbocycles. The Balaban J connectivity index is 1.92. The molecule has 1 aromatic carbocycles. The summed E-state index contributed by atoms with van der Waals surface area (Å²) in [6.45, 7) is 5.61. The summed E-state index contributed by atoms with van der Waals surface area (Å²) in [5.41, 5.74) is 3.45. The molecule has 0 atom stereocenters. The van der Waals surface area contributed by atoms with Crippen molar-refractivity contribution in [3.05, 3.63) is 64.4 Å². The molecular formula is C17H22ClN3. The molecule has 2 rings (SSSR count). The van der Waals surface area contributed by atoms with Crippen LogP contribution in [0.5, 0.6) is 0 Å². The summed E-state index contributed by atoms with van der Waals surface area (Å²) in [5.74, 6) is 0. The first-order valence-corrected chi connectivity index (χ1v) is 7.63. The van der Waals surface area contributed by atoms with E-state index in [-0.39, 0.29) is 0 Å². The molecule has 0 bridgehead atoms. The largest absolute Gasteiger partial charge is 0.311 e. The fraction of sp³-hybridized carbons (Fsp3) is 0.353. The van der Waals surface area contributed by atoms with E-state index in [1.807, 2.05) is 12.1 Å². The third kappa shape index (κ3) is 5.46. The van der Waals surface area contributed by atoms with Crippen molar-refractivity contribution >= 4 is 11.6 Å². The maximum Gasteiger partial charge on any atom is 0.0547 e. The Kier molecular flexibility index (Phi) is 6.18. The number of nitrogens with zero attached hydrogens (tertiary/aromatic N) is 2. The first-order valence-electron chi connectivity index (χ1n) is 7.26. The Morgan fingerprint density at radius 1 is 1.05 bits per heavy atom. The van der Waals surface area contributed by atoms with Crippen LogP contribution in [0.15, 0.2) is 42.5 Å². The van der Waals surface area contributed by atoms with Crippen LogP contribution < -0.4 is 5.32 Å². The van der Waals surface area contributed by atoms with Gasteiger partial charge < -0.3 is 5.32 Å². The van der Waals surface area contributed by atoms with E-state index in [0.29, 0.717) is 0 Å². The van der Waals surface area contributed by atoms with E-state index in [0.717, 1.165) is 42.6 Å². The third-order valence-electron chi connectivity index (χ3n) is 3.22. The van der Waals surface area contributed by atoms with Crippen molar-refractivity contribution in [2.24, 2.45) is 0 Å². The van der Waals surface area contributed by atoms with Crippen molar-refractivity contribution in [3.63, 3.8) is 0 Å². The molecule has 1 aromatic heterocycles. The van der Waals surface area contributed by atoms with Crippen LogP contribution >= 0.6 is 11.6 Å². The monoisotopic (exact) mass is 303 g/mol. The van der Waals surface area contributed by atoms with Crippen molar-refractivity contribution in [1.29, 1.82) is 0 Å². The van der Waals surface area contributed by atoms with Crippen molar-refractivity contribution in [2.75, 3.05) is 13.6 Å². The van der Waals surface area contributed by atoms with E-state index in [2.05, 4.69) is 59.5 Å². The normalized spacial score (nSPS) is 11.0. The third-order valence-corrected chi connectivity index (χ3v) is 3.47. The molecule has 0 saturated carbocycles. The maximum absolute atomic E-state index is 5.91. The minimum absolute atomic E-state index is 0.777. The fourth-order valence-corrected chi connectivity index (χ4v) is 2.33. The summed E-state index contributed by atoms with van der Waals surface area (Å²) >= 11 is 5.91. The van der Waals surface area contributed by atoms with Gasteiger partial charge in [-0.25, -0.2) is 0 Å². The Morgan fingerprint density at radius 3 is 2.48 bits per heavy atom. The van der Waals surface area contributed by atoms with Crippen LogP contribution in [-0.4, -0.2) is 23.5 Å². The van der Waals surface area contributed by atoms with Crippen LogP contribution in [0.1, 0.15) is 23.9 Å². The number of hydrogen-bond acceptors (Lipinski definition) is 3. The topological polar surface area (TPSA) is 28.2 Å². The van der Waals surface area contributed by atoms with Gasteiger partial charge in [0.05, 0.1) is 11.4 Å². The highest BCUT2D eigenvalue weighted by Gasteiger charge is 2.04. The lowest BCUT2D eigenvalue weighted by Crippen LogP contribution is -2.19. The van der Waals surface area contributed by atoms with E-state index in [1.165, 1.54) is 5.56 Å². The van der Waals surface area contributed by atoms with Crippen molar-refractivity contribution in [3.8, 4) is 0 Å². The smallest absolute Gasteiger partial charge is 0.0547 e. The van der Waals surface area contributed by atoms with Gasteiger partial charge in [0.25, 0.3) is 0 Å². The number of hydrogen-bond donors (Lipinski definition) is 1. The number of halogens is 1. The van der Waals surface area contributed by atoms with E-state index in [9.17, 15) is 0 Å². The predicted molar refractivity (Wildman–Crippen MR) is 88.2 cm³/mol. The molecule has 1 N–H and O–H groups in total. The highest BCUT2D eigenvalue weighted by Crippen LogP contribution is 2.12. The molecule has 1 heterocycles. The highest BCUT2D eigenvalue weighted by molar-refractivity contribution is 6.30. The average Bonchev–Trinajstić information content (AvgIpc) is 2.48. The molecule has 0 amide bonds. The number of benzene rings is 1. The molecule has 21 heavy (non-hydrogen) atoms. The van der Waals surface area contributed by atoms with Gasteiger partial charge in [0.1, 0.15) is 0 Å². The quantitative estimate of drug-likeness (QED) is 0.849. The standard InChI is InChI=1S/C17H22ClN3/c1-3-19-11-16-5-4-6-17(20-16)13-21(2)12-14-7-9-15(18)10-8-14/h4-10,19H,3,11-13H2,1-2H3. The fourth-order valence-electron chi connectivity index (χ4n) is 2.20. The molecule has 112 valence electrons. The van der Waals surface area contributed by atoms with E-state index >= 15 is 0 Å². The molecule has 3 nitrogen and oxygen atoms in total.